The molecule has 1 atom stereocenters. The first kappa shape index (κ1) is 14.4. The Kier molecular flexibility index (Phi) is 4.30. The quantitative estimate of drug-likeness (QED) is 0.923. The Morgan fingerprint density at radius 2 is 1.80 bits per heavy atom. The molecule has 0 aromatic heterocycles. The Morgan fingerprint density at radius 1 is 1.10 bits per heavy atom. The van der Waals surface area contributed by atoms with Crippen LogP contribution in [0.1, 0.15) is 22.7 Å². The number of fused-ring (bicyclic) bond motifs is 1. The number of hydrogen-bond acceptors (Lipinski definition) is 3. The molecular weight excluding hydrogens is 272 g/mol. The molecule has 0 spiro atoms. The van der Waals surface area contributed by atoms with Crippen LogP contribution in [0.4, 0.5) is 0 Å². The Labute approximate surface area is 124 Å². The summed E-state index contributed by atoms with van der Waals surface area (Å²) >= 11 is 0. The van der Waals surface area contributed by atoms with Crippen molar-refractivity contribution in [2.24, 2.45) is 10.7 Å². The first-order chi connectivity index (χ1) is 9.28. The van der Waals surface area contributed by atoms with Gasteiger partial charge in [0.25, 0.3) is 0 Å². The second-order valence-electron chi connectivity index (χ2n) is 4.66. The fourth-order valence-electron chi connectivity index (χ4n) is 2.46. The van der Waals surface area contributed by atoms with Crippen molar-refractivity contribution < 1.29 is 4.74 Å². The maximum atomic E-state index is 6.06. The van der Waals surface area contributed by atoms with Crippen LogP contribution in [0.3, 0.4) is 0 Å². The van der Waals surface area contributed by atoms with E-state index in [2.05, 4.69) is 11.1 Å². The van der Waals surface area contributed by atoms with E-state index in [-0.39, 0.29) is 18.4 Å². The van der Waals surface area contributed by atoms with Gasteiger partial charge in [-0.1, -0.05) is 36.4 Å². The number of nitrogens with two attached hydrogens (primary N) is 1. The molecule has 104 valence electrons. The number of halogens is 1. The highest BCUT2D eigenvalue weighted by Gasteiger charge is 2.20. The summed E-state index contributed by atoms with van der Waals surface area (Å²) in [5, 5.41) is 0. The fourth-order valence-corrected chi connectivity index (χ4v) is 2.46. The third kappa shape index (κ3) is 2.63. The van der Waals surface area contributed by atoms with Crippen molar-refractivity contribution in [3.05, 3.63) is 65.2 Å². The van der Waals surface area contributed by atoms with E-state index in [0.29, 0.717) is 5.84 Å². The Hall–Kier alpha value is -2.00. The molecule has 1 unspecified atom stereocenters. The lowest BCUT2D eigenvalue weighted by Gasteiger charge is -2.22. The average molecular weight is 289 g/mol. The third-order valence-electron chi connectivity index (χ3n) is 3.50. The second kappa shape index (κ2) is 5.97. The Balaban J connectivity index is 0.00000147. The van der Waals surface area contributed by atoms with Gasteiger partial charge in [-0.2, -0.15) is 0 Å². The molecule has 0 radical (unpaired) electrons. The largest absolute Gasteiger partial charge is 0.497 e. The highest BCUT2D eigenvalue weighted by molar-refractivity contribution is 5.99. The predicted octanol–water partition coefficient (Wildman–Crippen LogP) is 3.12. The zero-order valence-corrected chi connectivity index (χ0v) is 12.1. The van der Waals surface area contributed by atoms with Gasteiger partial charge in [0.1, 0.15) is 11.6 Å². The molecule has 0 amide bonds. The van der Waals surface area contributed by atoms with Crippen LogP contribution in [0.2, 0.25) is 0 Å². The van der Waals surface area contributed by atoms with Gasteiger partial charge in [0.05, 0.1) is 13.2 Å². The molecule has 2 aromatic rings. The second-order valence-corrected chi connectivity index (χ2v) is 4.66. The van der Waals surface area contributed by atoms with E-state index < -0.39 is 0 Å². The zero-order chi connectivity index (χ0) is 13.2. The van der Waals surface area contributed by atoms with E-state index in [0.717, 1.165) is 17.7 Å². The summed E-state index contributed by atoms with van der Waals surface area (Å²) in [5.74, 6) is 1.49. The average Bonchev–Trinajstić information content (AvgIpc) is 2.47. The lowest BCUT2D eigenvalue weighted by atomic mass is 9.92. The number of rotatable bonds is 2. The molecule has 0 aliphatic carbocycles. The molecule has 3 rings (SSSR count). The van der Waals surface area contributed by atoms with Crippen molar-refractivity contribution >= 4 is 18.2 Å². The third-order valence-corrected chi connectivity index (χ3v) is 3.50. The van der Waals surface area contributed by atoms with Crippen molar-refractivity contribution in [2.45, 2.75) is 12.5 Å². The standard InChI is InChI=1S/C16H16N2O.ClH/c1-19-13-8-6-11(7-9-13)15-10-12-4-2-3-5-14(12)16(17)18-15;/h2-9,15H,10H2,1H3,(H2,17,18);1H. The summed E-state index contributed by atoms with van der Waals surface area (Å²) < 4.78 is 5.17. The van der Waals surface area contributed by atoms with E-state index >= 15 is 0 Å². The molecule has 0 fully saturated rings. The lowest BCUT2D eigenvalue weighted by Crippen LogP contribution is -2.22. The van der Waals surface area contributed by atoms with E-state index in [1.807, 2.05) is 42.5 Å². The van der Waals surface area contributed by atoms with E-state index in [9.17, 15) is 0 Å². The number of hydrogen-bond donors (Lipinski definition) is 1. The number of ether oxygens (including phenoxy) is 1. The Morgan fingerprint density at radius 3 is 2.50 bits per heavy atom. The Bertz CT molecular complexity index is 623. The molecule has 0 saturated heterocycles. The van der Waals surface area contributed by atoms with Gasteiger partial charge in [0, 0.05) is 5.56 Å². The van der Waals surface area contributed by atoms with Gasteiger partial charge < -0.3 is 10.5 Å². The molecule has 1 aliphatic heterocycles. The highest BCUT2D eigenvalue weighted by Crippen LogP contribution is 2.29. The highest BCUT2D eigenvalue weighted by atomic mass is 35.5. The maximum Gasteiger partial charge on any atom is 0.126 e. The van der Waals surface area contributed by atoms with Crippen LogP contribution in [0.25, 0.3) is 0 Å². The maximum absolute atomic E-state index is 6.06. The molecule has 4 heteroatoms. The van der Waals surface area contributed by atoms with Gasteiger partial charge in [0.15, 0.2) is 0 Å². The minimum Gasteiger partial charge on any atom is -0.497 e. The van der Waals surface area contributed by atoms with Crippen LogP contribution in [-0.2, 0) is 6.42 Å². The summed E-state index contributed by atoms with van der Waals surface area (Å²) in [4.78, 5) is 4.60. The van der Waals surface area contributed by atoms with Crippen LogP contribution < -0.4 is 10.5 Å². The van der Waals surface area contributed by atoms with Gasteiger partial charge in [-0.25, -0.2) is 0 Å². The molecule has 3 nitrogen and oxygen atoms in total. The monoisotopic (exact) mass is 288 g/mol. The summed E-state index contributed by atoms with van der Waals surface area (Å²) in [5.41, 5.74) is 9.54. The van der Waals surface area contributed by atoms with Crippen molar-refractivity contribution in [3.8, 4) is 5.75 Å². The van der Waals surface area contributed by atoms with Gasteiger partial charge in [-0.15, -0.1) is 12.4 Å². The first-order valence-corrected chi connectivity index (χ1v) is 6.33. The topological polar surface area (TPSA) is 47.6 Å². The molecule has 1 aliphatic rings. The first-order valence-electron chi connectivity index (χ1n) is 6.33. The number of nitrogens with zero attached hydrogens (tertiary/aromatic N) is 1. The summed E-state index contributed by atoms with van der Waals surface area (Å²) in [6.45, 7) is 0. The smallest absolute Gasteiger partial charge is 0.126 e. The number of benzene rings is 2. The molecule has 1 heterocycles. The minimum atomic E-state index is 0. The van der Waals surface area contributed by atoms with Crippen molar-refractivity contribution in [1.29, 1.82) is 0 Å². The summed E-state index contributed by atoms with van der Waals surface area (Å²) in [6.07, 6.45) is 0.892. The SMILES string of the molecule is COc1ccc(C2Cc3ccccc3C(N)=N2)cc1.Cl. The van der Waals surface area contributed by atoms with Crippen molar-refractivity contribution in [2.75, 3.05) is 7.11 Å². The van der Waals surface area contributed by atoms with Crippen LogP contribution >= 0.6 is 12.4 Å². The predicted molar refractivity (Wildman–Crippen MR) is 83.9 cm³/mol. The van der Waals surface area contributed by atoms with Gasteiger partial charge in [0.2, 0.25) is 0 Å². The van der Waals surface area contributed by atoms with Crippen molar-refractivity contribution in [3.63, 3.8) is 0 Å². The summed E-state index contributed by atoms with van der Waals surface area (Å²) in [6, 6.07) is 16.3. The van der Waals surface area contributed by atoms with E-state index in [1.165, 1.54) is 11.1 Å². The molecular formula is C16H17ClN2O. The molecule has 20 heavy (non-hydrogen) atoms. The molecule has 0 bridgehead atoms. The minimum absolute atomic E-state index is 0. The van der Waals surface area contributed by atoms with E-state index in [1.54, 1.807) is 7.11 Å². The van der Waals surface area contributed by atoms with Crippen molar-refractivity contribution in [1.82, 2.24) is 0 Å². The normalized spacial score (nSPS) is 16.6. The summed E-state index contributed by atoms with van der Waals surface area (Å²) in [7, 11) is 1.67. The number of aliphatic imine (C=N–C) groups is 1. The molecule has 2 N–H and O–H groups in total. The molecule has 2 aromatic carbocycles. The van der Waals surface area contributed by atoms with Crippen LogP contribution in [0.5, 0.6) is 5.75 Å². The zero-order valence-electron chi connectivity index (χ0n) is 11.2. The van der Waals surface area contributed by atoms with Gasteiger partial charge in [-0.05, 0) is 29.7 Å². The van der Waals surface area contributed by atoms with Crippen LogP contribution in [0.15, 0.2) is 53.5 Å². The number of amidine groups is 1. The van der Waals surface area contributed by atoms with Crippen LogP contribution in [0, 0.1) is 0 Å². The van der Waals surface area contributed by atoms with E-state index in [4.69, 9.17) is 10.5 Å². The fraction of sp³-hybridized carbons (Fsp3) is 0.188. The van der Waals surface area contributed by atoms with Gasteiger partial charge in [-0.3, -0.25) is 4.99 Å². The van der Waals surface area contributed by atoms with Crippen LogP contribution in [-0.4, -0.2) is 12.9 Å². The number of methoxy groups -OCH3 is 1. The van der Waals surface area contributed by atoms with Gasteiger partial charge >= 0.3 is 0 Å². The lowest BCUT2D eigenvalue weighted by molar-refractivity contribution is 0.414. The molecule has 0 saturated carbocycles.